The molecule has 2 aromatic carbocycles. The van der Waals surface area contributed by atoms with Crippen LogP contribution in [0.25, 0.3) is 5.69 Å². The lowest BCUT2D eigenvalue weighted by Gasteiger charge is -2.18. The van der Waals surface area contributed by atoms with E-state index in [4.69, 9.17) is 9.47 Å². The van der Waals surface area contributed by atoms with E-state index in [2.05, 4.69) is 26.1 Å². The molecule has 0 amide bonds. The van der Waals surface area contributed by atoms with Crippen molar-refractivity contribution in [3.05, 3.63) is 68.2 Å². The van der Waals surface area contributed by atoms with Crippen LogP contribution in [0.2, 0.25) is 0 Å². The molecular formula is C20H20BrFN4O4S. The second-order valence-corrected chi connectivity index (χ2v) is 8.45. The monoisotopic (exact) mass is 510 g/mol. The number of aromatic nitrogens is 3. The Morgan fingerprint density at radius 2 is 2.00 bits per heavy atom. The fourth-order valence-electron chi connectivity index (χ4n) is 2.99. The van der Waals surface area contributed by atoms with E-state index in [0.29, 0.717) is 44.8 Å². The Bertz CT molecular complexity index is 1080. The molecule has 11 heteroatoms. The summed E-state index contributed by atoms with van der Waals surface area (Å²) in [5.74, 6) is 1.22. The van der Waals surface area contributed by atoms with Crippen molar-refractivity contribution in [3.63, 3.8) is 0 Å². The van der Waals surface area contributed by atoms with Crippen molar-refractivity contribution in [1.82, 2.24) is 14.8 Å². The Labute approximate surface area is 191 Å². The molecule has 0 aliphatic carbocycles. The van der Waals surface area contributed by atoms with E-state index in [1.165, 1.54) is 31.0 Å². The van der Waals surface area contributed by atoms with Gasteiger partial charge in [-0.3, -0.25) is 14.7 Å². The lowest BCUT2D eigenvalue weighted by Crippen LogP contribution is -2.12. The number of hydrogen-bond donors (Lipinski definition) is 0. The summed E-state index contributed by atoms with van der Waals surface area (Å²) in [6, 6.07) is 9.39. The number of hydrogen-bond acceptors (Lipinski definition) is 7. The number of nitrogens with zero attached hydrogens (tertiary/aromatic N) is 4. The molecule has 0 spiro atoms. The van der Waals surface area contributed by atoms with Crippen LogP contribution in [0.3, 0.4) is 0 Å². The Morgan fingerprint density at radius 1 is 1.29 bits per heavy atom. The first kappa shape index (κ1) is 23.0. The Hall–Kier alpha value is -2.66. The van der Waals surface area contributed by atoms with Crippen molar-refractivity contribution in [1.29, 1.82) is 0 Å². The summed E-state index contributed by atoms with van der Waals surface area (Å²) in [5, 5.41) is 19.6. The first-order valence-corrected chi connectivity index (χ1v) is 11.0. The van der Waals surface area contributed by atoms with Gasteiger partial charge in [-0.05, 0) is 71.7 Å². The molecule has 0 saturated heterocycles. The molecule has 31 heavy (non-hydrogen) atoms. The summed E-state index contributed by atoms with van der Waals surface area (Å²) in [6.45, 7) is 3.72. The summed E-state index contributed by atoms with van der Waals surface area (Å²) < 4.78 is 26.8. The third-order valence-electron chi connectivity index (χ3n) is 4.35. The highest BCUT2D eigenvalue weighted by Crippen LogP contribution is 2.43. The first-order chi connectivity index (χ1) is 14.8. The third-order valence-corrected chi connectivity index (χ3v) is 6.12. The van der Waals surface area contributed by atoms with Crippen molar-refractivity contribution in [2.24, 2.45) is 0 Å². The molecule has 0 radical (unpaired) electrons. The number of halogens is 2. The largest absolute Gasteiger partial charge is 0.493 e. The highest BCUT2D eigenvalue weighted by atomic mass is 79.9. The summed E-state index contributed by atoms with van der Waals surface area (Å²) >= 11 is 4.67. The number of aryl methyl sites for hydroxylation is 1. The van der Waals surface area contributed by atoms with Crippen LogP contribution in [0, 0.1) is 22.9 Å². The summed E-state index contributed by atoms with van der Waals surface area (Å²) in [7, 11) is 1.51. The Balaban J connectivity index is 2.02. The van der Waals surface area contributed by atoms with E-state index < -0.39 is 5.25 Å². The Kier molecular flexibility index (Phi) is 7.50. The van der Waals surface area contributed by atoms with E-state index in [1.54, 1.807) is 35.8 Å². The average Bonchev–Trinajstić information content (AvgIpc) is 3.09. The molecule has 0 aliphatic heterocycles. The molecule has 1 heterocycles. The minimum Gasteiger partial charge on any atom is -0.493 e. The van der Waals surface area contributed by atoms with Gasteiger partial charge in [0.25, 0.3) is 0 Å². The zero-order valence-corrected chi connectivity index (χ0v) is 19.4. The summed E-state index contributed by atoms with van der Waals surface area (Å²) in [5.41, 5.74) is 1.33. The van der Waals surface area contributed by atoms with Crippen molar-refractivity contribution in [2.75, 3.05) is 20.3 Å². The van der Waals surface area contributed by atoms with Gasteiger partial charge in [0, 0.05) is 10.6 Å². The lowest BCUT2D eigenvalue weighted by atomic mass is 10.1. The highest BCUT2D eigenvalue weighted by molar-refractivity contribution is 9.10. The van der Waals surface area contributed by atoms with Gasteiger partial charge in [-0.2, -0.15) is 0 Å². The normalized spacial score (nSPS) is 11.9. The van der Waals surface area contributed by atoms with Gasteiger partial charge in [0.15, 0.2) is 16.7 Å². The molecule has 1 aromatic heterocycles. The van der Waals surface area contributed by atoms with Crippen molar-refractivity contribution in [2.45, 2.75) is 24.3 Å². The summed E-state index contributed by atoms with van der Waals surface area (Å²) in [6.07, 6.45) is 0. The van der Waals surface area contributed by atoms with E-state index in [9.17, 15) is 14.5 Å². The number of methoxy groups -OCH3 is 1. The predicted octanol–water partition coefficient (Wildman–Crippen LogP) is 4.99. The predicted molar refractivity (Wildman–Crippen MR) is 118 cm³/mol. The van der Waals surface area contributed by atoms with E-state index in [-0.39, 0.29) is 17.3 Å². The topological polar surface area (TPSA) is 92.3 Å². The quantitative estimate of drug-likeness (QED) is 0.227. The van der Waals surface area contributed by atoms with E-state index in [0.717, 1.165) is 0 Å². The first-order valence-electron chi connectivity index (χ1n) is 9.30. The van der Waals surface area contributed by atoms with Gasteiger partial charge < -0.3 is 9.47 Å². The second kappa shape index (κ2) is 10.1. The van der Waals surface area contributed by atoms with E-state index >= 15 is 0 Å². The van der Waals surface area contributed by atoms with E-state index in [1.807, 2.05) is 6.92 Å². The maximum absolute atomic E-state index is 13.4. The molecule has 0 aliphatic rings. The molecule has 8 nitrogen and oxygen atoms in total. The van der Waals surface area contributed by atoms with Gasteiger partial charge in [-0.15, -0.1) is 10.2 Å². The highest BCUT2D eigenvalue weighted by Gasteiger charge is 2.26. The lowest BCUT2D eigenvalue weighted by molar-refractivity contribution is -0.479. The number of rotatable bonds is 9. The van der Waals surface area contributed by atoms with Crippen LogP contribution < -0.4 is 9.47 Å². The molecule has 1 atom stereocenters. The average molecular weight is 511 g/mol. The van der Waals surface area contributed by atoms with Crippen LogP contribution in [0.1, 0.15) is 23.6 Å². The molecule has 0 N–H and O–H groups in total. The molecule has 0 fully saturated rings. The zero-order chi connectivity index (χ0) is 22.5. The van der Waals surface area contributed by atoms with Gasteiger partial charge in [0.2, 0.25) is 6.54 Å². The van der Waals surface area contributed by atoms with Gasteiger partial charge >= 0.3 is 0 Å². The molecule has 164 valence electrons. The number of ether oxygens (including phenoxy) is 2. The molecule has 0 unspecified atom stereocenters. The van der Waals surface area contributed by atoms with Crippen molar-refractivity contribution >= 4 is 27.7 Å². The van der Waals surface area contributed by atoms with Crippen LogP contribution in [0.5, 0.6) is 11.5 Å². The van der Waals surface area contributed by atoms with Crippen molar-refractivity contribution in [3.8, 4) is 17.2 Å². The third kappa shape index (κ3) is 5.34. The van der Waals surface area contributed by atoms with Gasteiger partial charge in [0.1, 0.15) is 16.9 Å². The van der Waals surface area contributed by atoms with Crippen molar-refractivity contribution < 1.29 is 18.8 Å². The molecule has 3 aromatic rings. The Morgan fingerprint density at radius 3 is 2.61 bits per heavy atom. The van der Waals surface area contributed by atoms with Crippen LogP contribution in [-0.4, -0.2) is 39.9 Å². The fraction of sp³-hybridized carbons (Fsp3) is 0.300. The SMILES string of the molecule is CCOc1c(Br)cc([C@@H](C[N+](=O)[O-])Sc2nnc(C)n2-c2ccc(F)cc2)cc1OC. The minimum absolute atomic E-state index is 0.344. The maximum atomic E-state index is 13.4. The van der Waals surface area contributed by atoms with Crippen LogP contribution in [0.15, 0.2) is 46.0 Å². The van der Waals surface area contributed by atoms with Crippen LogP contribution >= 0.6 is 27.7 Å². The van der Waals surface area contributed by atoms with Gasteiger partial charge in [-0.25, -0.2) is 4.39 Å². The maximum Gasteiger partial charge on any atom is 0.220 e. The number of thioether (sulfide) groups is 1. The fourth-order valence-corrected chi connectivity index (χ4v) is 4.72. The van der Waals surface area contributed by atoms with Gasteiger partial charge in [0.05, 0.1) is 18.2 Å². The second-order valence-electron chi connectivity index (χ2n) is 6.43. The molecule has 0 bridgehead atoms. The molecule has 3 rings (SSSR count). The zero-order valence-electron chi connectivity index (χ0n) is 17.0. The minimum atomic E-state index is -0.585. The number of nitro groups is 1. The standard InChI is InChI=1S/C20H20BrFN4O4S/c1-4-30-19-16(21)9-13(10-17(19)29-3)18(11-25(27)28)31-20-24-23-12(2)26(20)15-7-5-14(22)6-8-15/h5-10,18H,4,11H2,1-3H3/t18-/m1/s1. The smallest absolute Gasteiger partial charge is 0.220 e. The molecular weight excluding hydrogens is 491 g/mol. The van der Waals surface area contributed by atoms with Crippen LogP contribution in [0.4, 0.5) is 4.39 Å². The summed E-state index contributed by atoms with van der Waals surface area (Å²) in [4.78, 5) is 11.0. The molecule has 0 saturated carbocycles. The number of benzene rings is 2. The van der Waals surface area contributed by atoms with Gasteiger partial charge in [-0.1, -0.05) is 11.8 Å². The van der Waals surface area contributed by atoms with Crippen LogP contribution in [-0.2, 0) is 0 Å².